The minimum absolute atomic E-state index is 0.000713. The molecule has 4 nitrogen and oxygen atoms in total. The van der Waals surface area contributed by atoms with Gasteiger partial charge in [-0.25, -0.2) is 0 Å². The van der Waals surface area contributed by atoms with Crippen LogP contribution in [0.5, 0.6) is 5.75 Å². The Kier molecular flexibility index (Phi) is 5.01. The summed E-state index contributed by atoms with van der Waals surface area (Å²) in [5, 5.41) is 12.7. The number of carbonyl (C=O) groups excluding carboxylic acids is 1. The van der Waals surface area contributed by atoms with Crippen molar-refractivity contribution in [2.75, 3.05) is 6.61 Å². The fourth-order valence-corrected chi connectivity index (χ4v) is 2.61. The van der Waals surface area contributed by atoms with Gasteiger partial charge in [0.2, 0.25) is 0 Å². The summed E-state index contributed by atoms with van der Waals surface area (Å²) in [4.78, 5) is 11.8. The number of carbonyl (C=O) groups is 1. The molecule has 0 saturated heterocycles. The molecule has 1 atom stereocenters. The van der Waals surface area contributed by atoms with Crippen LogP contribution < -0.4 is 10.1 Å². The fourth-order valence-electron chi connectivity index (χ4n) is 2.61. The average Bonchev–Trinajstić information content (AvgIpc) is 2.90. The number of aliphatic hydroxyl groups is 1. The lowest BCUT2D eigenvalue weighted by Gasteiger charge is -2.16. The van der Waals surface area contributed by atoms with Gasteiger partial charge in [0, 0.05) is 11.6 Å². The lowest BCUT2D eigenvalue weighted by Crippen LogP contribution is -2.36. The molecular formula is C16H23NO3. The van der Waals surface area contributed by atoms with Crippen LogP contribution >= 0.6 is 0 Å². The molecule has 0 radical (unpaired) electrons. The van der Waals surface area contributed by atoms with E-state index in [0.717, 1.165) is 24.0 Å². The van der Waals surface area contributed by atoms with Crippen LogP contribution in [0.4, 0.5) is 0 Å². The van der Waals surface area contributed by atoms with Crippen molar-refractivity contribution in [1.29, 1.82) is 0 Å². The highest BCUT2D eigenvalue weighted by Crippen LogP contribution is 2.26. The summed E-state index contributed by atoms with van der Waals surface area (Å²) >= 11 is 0. The molecule has 1 aliphatic carbocycles. The summed E-state index contributed by atoms with van der Waals surface area (Å²) in [6.07, 6.45) is 3.90. The summed E-state index contributed by atoms with van der Waals surface area (Å²) in [6, 6.07) is 5.91. The average molecular weight is 277 g/mol. The number of nitrogens with one attached hydrogen (secondary N) is 1. The van der Waals surface area contributed by atoms with E-state index >= 15 is 0 Å². The monoisotopic (exact) mass is 277 g/mol. The molecule has 0 aromatic heterocycles. The molecule has 1 fully saturated rings. The number of aliphatic hydroxyl groups excluding tert-OH is 1. The fraction of sp³-hybridized carbons (Fsp3) is 0.562. The van der Waals surface area contributed by atoms with E-state index in [0.29, 0.717) is 11.8 Å². The Morgan fingerprint density at radius 2 is 2.15 bits per heavy atom. The highest BCUT2D eigenvalue weighted by Gasteiger charge is 2.17. The second-order valence-electron chi connectivity index (χ2n) is 5.55. The zero-order chi connectivity index (χ0) is 14.5. The minimum atomic E-state index is -0.609. The van der Waals surface area contributed by atoms with E-state index < -0.39 is 6.10 Å². The van der Waals surface area contributed by atoms with Crippen molar-refractivity contribution < 1.29 is 14.6 Å². The largest absolute Gasteiger partial charge is 0.483 e. The number of benzene rings is 1. The molecule has 1 saturated carbocycles. The molecule has 2 rings (SSSR count). The van der Waals surface area contributed by atoms with E-state index in [2.05, 4.69) is 5.32 Å². The van der Waals surface area contributed by atoms with Crippen molar-refractivity contribution in [3.05, 3.63) is 29.3 Å². The van der Waals surface area contributed by atoms with Gasteiger partial charge in [-0.15, -0.1) is 0 Å². The SMILES string of the molecule is Cc1ccc(OCC(=O)NC2CCCC2)c([C@@H](C)O)c1. The van der Waals surface area contributed by atoms with E-state index in [-0.39, 0.29) is 12.5 Å². The molecule has 1 aliphatic rings. The van der Waals surface area contributed by atoms with Gasteiger partial charge in [0.05, 0.1) is 6.10 Å². The number of rotatable bonds is 5. The maximum atomic E-state index is 11.8. The normalized spacial score (nSPS) is 16.9. The van der Waals surface area contributed by atoms with E-state index in [9.17, 15) is 9.90 Å². The summed E-state index contributed by atoms with van der Waals surface area (Å²) in [6.45, 7) is 3.65. The van der Waals surface area contributed by atoms with E-state index in [1.807, 2.05) is 19.1 Å². The van der Waals surface area contributed by atoms with Gasteiger partial charge in [-0.05, 0) is 38.8 Å². The first-order valence-electron chi connectivity index (χ1n) is 7.27. The maximum absolute atomic E-state index is 11.8. The molecule has 0 aliphatic heterocycles. The minimum Gasteiger partial charge on any atom is -0.483 e. The summed E-state index contributed by atoms with van der Waals surface area (Å²) in [5.41, 5.74) is 1.78. The van der Waals surface area contributed by atoms with Crippen molar-refractivity contribution in [2.24, 2.45) is 0 Å². The van der Waals surface area contributed by atoms with Crippen LogP contribution in [0, 0.1) is 6.92 Å². The van der Waals surface area contributed by atoms with Gasteiger partial charge in [0.25, 0.3) is 5.91 Å². The molecule has 0 spiro atoms. The molecule has 0 heterocycles. The van der Waals surface area contributed by atoms with Gasteiger partial charge in [-0.2, -0.15) is 0 Å². The van der Waals surface area contributed by atoms with Gasteiger partial charge in [0.15, 0.2) is 6.61 Å². The number of aryl methyl sites for hydroxylation is 1. The third-order valence-corrected chi connectivity index (χ3v) is 3.69. The second-order valence-corrected chi connectivity index (χ2v) is 5.55. The molecule has 110 valence electrons. The van der Waals surface area contributed by atoms with Crippen LogP contribution in [0.25, 0.3) is 0 Å². The van der Waals surface area contributed by atoms with Gasteiger partial charge in [0.1, 0.15) is 5.75 Å². The molecule has 0 unspecified atom stereocenters. The van der Waals surface area contributed by atoms with Crippen LogP contribution in [-0.4, -0.2) is 23.7 Å². The van der Waals surface area contributed by atoms with Crippen LogP contribution in [-0.2, 0) is 4.79 Å². The first kappa shape index (κ1) is 14.9. The van der Waals surface area contributed by atoms with Crippen LogP contribution in [0.2, 0.25) is 0 Å². The van der Waals surface area contributed by atoms with Crippen LogP contribution in [0.1, 0.15) is 49.8 Å². The van der Waals surface area contributed by atoms with Gasteiger partial charge >= 0.3 is 0 Å². The summed E-state index contributed by atoms with van der Waals surface area (Å²) in [7, 11) is 0. The Morgan fingerprint density at radius 1 is 1.45 bits per heavy atom. The third kappa shape index (κ3) is 3.97. The molecule has 1 aromatic rings. The Hall–Kier alpha value is -1.55. The Bertz CT molecular complexity index is 465. The third-order valence-electron chi connectivity index (χ3n) is 3.69. The van der Waals surface area contributed by atoms with Crippen LogP contribution in [0.15, 0.2) is 18.2 Å². The van der Waals surface area contributed by atoms with E-state index in [4.69, 9.17) is 4.74 Å². The zero-order valence-corrected chi connectivity index (χ0v) is 12.2. The van der Waals surface area contributed by atoms with Crippen molar-refractivity contribution >= 4 is 5.91 Å². The first-order valence-corrected chi connectivity index (χ1v) is 7.27. The van der Waals surface area contributed by atoms with Gasteiger partial charge in [-0.1, -0.05) is 24.5 Å². The predicted molar refractivity (Wildman–Crippen MR) is 77.7 cm³/mol. The molecule has 1 amide bonds. The van der Waals surface area contributed by atoms with Gasteiger partial charge < -0.3 is 15.2 Å². The lowest BCUT2D eigenvalue weighted by atomic mass is 10.1. The quantitative estimate of drug-likeness (QED) is 0.869. The lowest BCUT2D eigenvalue weighted by molar-refractivity contribution is -0.123. The van der Waals surface area contributed by atoms with Crippen molar-refractivity contribution in [1.82, 2.24) is 5.32 Å². The smallest absolute Gasteiger partial charge is 0.258 e. The number of hydrogen-bond donors (Lipinski definition) is 2. The van der Waals surface area contributed by atoms with E-state index in [1.165, 1.54) is 12.8 Å². The standard InChI is InChI=1S/C16H23NO3/c1-11-7-8-15(14(9-11)12(2)18)20-10-16(19)17-13-5-3-4-6-13/h7-9,12-13,18H,3-6,10H2,1-2H3,(H,17,19)/t12-/m1/s1. The molecular weight excluding hydrogens is 254 g/mol. The summed E-state index contributed by atoms with van der Waals surface area (Å²) in [5.74, 6) is 0.487. The highest BCUT2D eigenvalue weighted by atomic mass is 16.5. The number of ether oxygens (including phenoxy) is 1. The van der Waals surface area contributed by atoms with Crippen molar-refractivity contribution in [3.63, 3.8) is 0 Å². The first-order chi connectivity index (χ1) is 9.56. The van der Waals surface area contributed by atoms with Crippen molar-refractivity contribution in [3.8, 4) is 5.75 Å². The molecule has 20 heavy (non-hydrogen) atoms. The topological polar surface area (TPSA) is 58.6 Å². The Balaban J connectivity index is 1.91. The Morgan fingerprint density at radius 3 is 2.80 bits per heavy atom. The Labute approximate surface area is 120 Å². The molecule has 4 heteroatoms. The number of amides is 1. The van der Waals surface area contributed by atoms with E-state index in [1.54, 1.807) is 13.0 Å². The second kappa shape index (κ2) is 6.75. The zero-order valence-electron chi connectivity index (χ0n) is 12.2. The highest BCUT2D eigenvalue weighted by molar-refractivity contribution is 5.77. The summed E-state index contributed by atoms with van der Waals surface area (Å²) < 4.78 is 5.55. The molecule has 0 bridgehead atoms. The predicted octanol–water partition coefficient (Wildman–Crippen LogP) is 2.49. The van der Waals surface area contributed by atoms with Crippen molar-refractivity contribution in [2.45, 2.75) is 51.7 Å². The number of hydrogen-bond acceptors (Lipinski definition) is 3. The van der Waals surface area contributed by atoms with Gasteiger partial charge in [-0.3, -0.25) is 4.79 Å². The molecule has 1 aromatic carbocycles. The maximum Gasteiger partial charge on any atom is 0.258 e. The van der Waals surface area contributed by atoms with Crippen LogP contribution in [0.3, 0.4) is 0 Å². The molecule has 2 N–H and O–H groups in total.